The smallest absolute Gasteiger partial charge is 0.471 e. The van der Waals surface area contributed by atoms with Gasteiger partial charge in [0.15, 0.2) is 5.54 Å². The van der Waals surface area contributed by atoms with Gasteiger partial charge >= 0.3 is 18.1 Å². The Hall–Kier alpha value is -1.53. The molecule has 4 nitrogen and oxygen atoms in total. The van der Waals surface area contributed by atoms with Crippen LogP contribution in [0.1, 0.15) is 12.8 Å². The molecule has 0 saturated carbocycles. The summed E-state index contributed by atoms with van der Waals surface area (Å²) in [5.41, 5.74) is -1.92. The van der Waals surface area contributed by atoms with Crippen LogP contribution in [0, 0.1) is 0 Å². The maximum absolute atomic E-state index is 12.2. The molecule has 1 saturated heterocycles. The summed E-state index contributed by atoms with van der Waals surface area (Å²) in [4.78, 5) is 22.3. The Morgan fingerprint density at radius 3 is 2.38 bits per heavy atom. The minimum absolute atomic E-state index is 0.0480. The van der Waals surface area contributed by atoms with E-state index in [-0.39, 0.29) is 19.4 Å². The van der Waals surface area contributed by atoms with E-state index in [0.29, 0.717) is 4.90 Å². The first-order valence-electron chi connectivity index (χ1n) is 4.51. The van der Waals surface area contributed by atoms with Crippen molar-refractivity contribution in [2.45, 2.75) is 24.6 Å². The number of carboxylic acid groups (broad SMARTS) is 1. The van der Waals surface area contributed by atoms with Crippen molar-refractivity contribution in [3.63, 3.8) is 0 Å². The van der Waals surface area contributed by atoms with E-state index in [9.17, 15) is 22.8 Å². The third kappa shape index (κ3) is 1.77. The van der Waals surface area contributed by atoms with E-state index in [1.54, 1.807) is 0 Å². The Morgan fingerprint density at radius 2 is 2.00 bits per heavy atom. The highest BCUT2D eigenvalue weighted by Crippen LogP contribution is 2.34. The number of hydrogen-bond acceptors (Lipinski definition) is 2. The summed E-state index contributed by atoms with van der Waals surface area (Å²) >= 11 is 0. The highest BCUT2D eigenvalue weighted by Gasteiger charge is 2.54. The van der Waals surface area contributed by atoms with Crippen LogP contribution in [0.3, 0.4) is 0 Å². The minimum Gasteiger partial charge on any atom is -0.479 e. The Morgan fingerprint density at radius 1 is 1.44 bits per heavy atom. The molecule has 0 spiro atoms. The number of nitrogens with zero attached hydrogens (tertiary/aromatic N) is 1. The highest BCUT2D eigenvalue weighted by atomic mass is 19.4. The topological polar surface area (TPSA) is 57.6 Å². The van der Waals surface area contributed by atoms with Crippen molar-refractivity contribution in [3.05, 3.63) is 12.7 Å². The number of aliphatic carboxylic acids is 1. The molecule has 0 aromatic rings. The maximum Gasteiger partial charge on any atom is 0.471 e. The minimum atomic E-state index is -5.06. The van der Waals surface area contributed by atoms with E-state index in [2.05, 4.69) is 6.58 Å². The molecule has 1 heterocycles. The summed E-state index contributed by atoms with van der Waals surface area (Å²) in [7, 11) is 0. The molecule has 7 heteroatoms. The maximum atomic E-state index is 12.2. The number of carbonyl (C=O) groups is 2. The third-order valence-electron chi connectivity index (χ3n) is 2.62. The van der Waals surface area contributed by atoms with Gasteiger partial charge < -0.3 is 10.0 Å². The summed E-state index contributed by atoms with van der Waals surface area (Å²) in [5.74, 6) is -3.62. The van der Waals surface area contributed by atoms with Crippen LogP contribution in [0.2, 0.25) is 0 Å². The van der Waals surface area contributed by atoms with Crippen molar-refractivity contribution in [3.8, 4) is 0 Å². The van der Waals surface area contributed by atoms with Crippen LogP contribution < -0.4 is 0 Å². The van der Waals surface area contributed by atoms with Crippen molar-refractivity contribution in [1.82, 2.24) is 4.90 Å². The molecule has 16 heavy (non-hydrogen) atoms. The number of alkyl halides is 3. The molecule has 0 radical (unpaired) electrons. The van der Waals surface area contributed by atoms with Gasteiger partial charge in [0.05, 0.1) is 0 Å². The molecule has 1 fully saturated rings. The summed E-state index contributed by atoms with van der Waals surface area (Å²) in [6.07, 6.45) is -4.02. The SMILES string of the molecule is C=C[C@]1(C(=O)O)CCCN1C(=O)C(F)(F)F. The zero-order chi connectivity index (χ0) is 12.6. The van der Waals surface area contributed by atoms with E-state index < -0.39 is 23.6 Å². The van der Waals surface area contributed by atoms with Gasteiger partial charge in [-0.15, -0.1) is 6.58 Å². The standard InChI is InChI=1S/C9H10F3NO3/c1-2-8(7(15)16)4-3-5-13(8)6(14)9(10,11)12/h2H,1,3-5H2,(H,15,16)/t8-/m1/s1. The van der Waals surface area contributed by atoms with Gasteiger partial charge in [-0.25, -0.2) is 4.79 Å². The number of rotatable bonds is 2. The molecule has 0 aromatic heterocycles. The fourth-order valence-corrected chi connectivity index (χ4v) is 1.80. The van der Waals surface area contributed by atoms with E-state index in [0.717, 1.165) is 6.08 Å². The van der Waals surface area contributed by atoms with Gasteiger partial charge in [-0.05, 0) is 12.8 Å². The second-order valence-corrected chi connectivity index (χ2v) is 3.49. The molecule has 1 N–H and O–H groups in total. The predicted molar refractivity (Wildman–Crippen MR) is 47.6 cm³/mol. The van der Waals surface area contributed by atoms with Gasteiger partial charge in [0.2, 0.25) is 0 Å². The van der Waals surface area contributed by atoms with Crippen LogP contribution in [0.15, 0.2) is 12.7 Å². The highest BCUT2D eigenvalue weighted by molar-refractivity contribution is 5.91. The van der Waals surface area contributed by atoms with E-state index in [1.807, 2.05) is 0 Å². The van der Waals surface area contributed by atoms with E-state index >= 15 is 0 Å². The van der Waals surface area contributed by atoms with Crippen LogP contribution in [-0.2, 0) is 9.59 Å². The molecule has 1 rings (SSSR count). The molecular formula is C9H10F3NO3. The first-order chi connectivity index (χ1) is 7.25. The van der Waals surface area contributed by atoms with Gasteiger partial charge in [-0.2, -0.15) is 13.2 Å². The molecule has 90 valence electrons. The number of carbonyl (C=O) groups excluding carboxylic acids is 1. The second-order valence-electron chi connectivity index (χ2n) is 3.49. The Kier molecular flexibility index (Phi) is 2.98. The molecular weight excluding hydrogens is 227 g/mol. The number of carboxylic acids is 1. The lowest BCUT2D eigenvalue weighted by Crippen LogP contribution is -2.55. The van der Waals surface area contributed by atoms with Gasteiger partial charge in [0, 0.05) is 6.54 Å². The summed E-state index contributed by atoms with van der Waals surface area (Å²) < 4.78 is 36.7. The first kappa shape index (κ1) is 12.5. The first-order valence-corrected chi connectivity index (χ1v) is 4.51. The molecule has 1 atom stereocenters. The normalized spacial score (nSPS) is 25.6. The van der Waals surface area contributed by atoms with Crippen LogP contribution in [0.5, 0.6) is 0 Å². The largest absolute Gasteiger partial charge is 0.479 e. The summed E-state index contributed by atoms with van der Waals surface area (Å²) in [6, 6.07) is 0. The van der Waals surface area contributed by atoms with Crippen LogP contribution in [0.4, 0.5) is 13.2 Å². The van der Waals surface area contributed by atoms with Gasteiger partial charge in [0.25, 0.3) is 0 Å². The zero-order valence-electron chi connectivity index (χ0n) is 8.25. The molecule has 0 aromatic carbocycles. The lowest BCUT2D eigenvalue weighted by molar-refractivity contribution is -0.190. The van der Waals surface area contributed by atoms with Crippen LogP contribution >= 0.6 is 0 Å². The van der Waals surface area contributed by atoms with Crippen molar-refractivity contribution >= 4 is 11.9 Å². The van der Waals surface area contributed by atoms with E-state index in [1.165, 1.54) is 0 Å². The van der Waals surface area contributed by atoms with Gasteiger partial charge in [0.1, 0.15) is 0 Å². The summed E-state index contributed by atoms with van der Waals surface area (Å²) in [6.45, 7) is 2.98. The molecule has 1 aliphatic heterocycles. The average molecular weight is 237 g/mol. The fraction of sp³-hybridized carbons (Fsp3) is 0.556. The average Bonchev–Trinajstić information content (AvgIpc) is 2.59. The number of hydrogen-bond donors (Lipinski definition) is 1. The molecule has 1 amide bonds. The van der Waals surface area contributed by atoms with Crippen LogP contribution in [-0.4, -0.2) is 40.1 Å². The monoisotopic (exact) mass is 237 g/mol. The molecule has 0 unspecified atom stereocenters. The van der Waals surface area contributed by atoms with Crippen LogP contribution in [0.25, 0.3) is 0 Å². The molecule has 1 aliphatic rings. The third-order valence-corrected chi connectivity index (χ3v) is 2.62. The van der Waals surface area contributed by atoms with Gasteiger partial charge in [-0.3, -0.25) is 4.79 Å². The fourth-order valence-electron chi connectivity index (χ4n) is 1.80. The lowest BCUT2D eigenvalue weighted by atomic mass is 9.96. The number of amides is 1. The molecule has 0 bridgehead atoms. The lowest BCUT2D eigenvalue weighted by Gasteiger charge is -2.32. The second kappa shape index (κ2) is 3.80. The predicted octanol–water partition coefficient (Wildman–Crippen LogP) is 1.18. The Labute approximate surface area is 89.3 Å². The van der Waals surface area contributed by atoms with Crippen molar-refractivity contribution in [1.29, 1.82) is 0 Å². The summed E-state index contributed by atoms with van der Waals surface area (Å²) in [5, 5.41) is 8.92. The Bertz CT molecular complexity index is 339. The zero-order valence-corrected chi connectivity index (χ0v) is 8.25. The van der Waals surface area contributed by atoms with E-state index in [4.69, 9.17) is 5.11 Å². The number of likely N-dealkylation sites (tertiary alicyclic amines) is 1. The van der Waals surface area contributed by atoms with Gasteiger partial charge in [-0.1, -0.05) is 6.08 Å². The van der Waals surface area contributed by atoms with Crippen molar-refractivity contribution < 1.29 is 27.9 Å². The van der Waals surface area contributed by atoms with Crippen molar-refractivity contribution in [2.75, 3.05) is 6.54 Å². The Balaban J connectivity index is 3.09. The molecule has 0 aliphatic carbocycles. The quantitative estimate of drug-likeness (QED) is 0.733. The van der Waals surface area contributed by atoms with Crippen molar-refractivity contribution in [2.24, 2.45) is 0 Å². The number of halogens is 3.